The van der Waals surface area contributed by atoms with Gasteiger partial charge in [-0.2, -0.15) is 0 Å². The minimum absolute atomic E-state index is 0. The lowest BCUT2D eigenvalue weighted by Gasteiger charge is -2.27. The zero-order chi connectivity index (χ0) is 17.9. The standard InChI is InChI=1S/C18H27FN4OS.HI/c1-20-18(22-14-17(24)23-11-3-2-4-12-23)21-10-5-13-25-16-8-6-15(19)7-9-16;/h6-9H,2-5,10-14H2,1H3,(H2,20,21,22);1H. The van der Waals surface area contributed by atoms with Crippen LogP contribution in [-0.4, -0.2) is 55.7 Å². The Hall–Kier alpha value is -1.03. The average Bonchev–Trinajstić information content (AvgIpc) is 2.66. The quantitative estimate of drug-likeness (QED) is 0.201. The van der Waals surface area contributed by atoms with E-state index in [1.165, 1.54) is 18.6 Å². The molecule has 0 aromatic heterocycles. The van der Waals surface area contributed by atoms with E-state index >= 15 is 0 Å². The van der Waals surface area contributed by atoms with Gasteiger partial charge in [-0.25, -0.2) is 4.39 Å². The van der Waals surface area contributed by atoms with E-state index in [1.807, 2.05) is 4.90 Å². The minimum atomic E-state index is -0.208. The molecule has 1 aliphatic rings. The summed E-state index contributed by atoms with van der Waals surface area (Å²) in [7, 11) is 1.70. The molecule has 1 aromatic rings. The second-order valence-corrected chi connectivity index (χ2v) is 7.12. The van der Waals surface area contributed by atoms with E-state index in [4.69, 9.17) is 0 Å². The fraction of sp³-hybridized carbons (Fsp3) is 0.556. The molecule has 1 aromatic carbocycles. The van der Waals surface area contributed by atoms with Gasteiger partial charge in [0, 0.05) is 31.6 Å². The number of carbonyl (C=O) groups is 1. The van der Waals surface area contributed by atoms with Crippen LogP contribution in [0.1, 0.15) is 25.7 Å². The first-order chi connectivity index (χ1) is 12.2. The Balaban J connectivity index is 0.00000338. The molecular weight excluding hydrogens is 466 g/mol. The van der Waals surface area contributed by atoms with Crippen molar-refractivity contribution in [1.29, 1.82) is 0 Å². The molecule has 0 bridgehead atoms. The highest BCUT2D eigenvalue weighted by molar-refractivity contribution is 14.0. The van der Waals surface area contributed by atoms with Crippen LogP contribution in [0.5, 0.6) is 0 Å². The molecule has 0 atom stereocenters. The van der Waals surface area contributed by atoms with Crippen molar-refractivity contribution in [3.63, 3.8) is 0 Å². The molecular formula is C18H28FIN4OS. The number of halogens is 2. The maximum atomic E-state index is 12.8. The number of rotatable bonds is 7. The summed E-state index contributed by atoms with van der Waals surface area (Å²) < 4.78 is 12.8. The maximum absolute atomic E-state index is 12.8. The predicted molar refractivity (Wildman–Crippen MR) is 117 cm³/mol. The van der Waals surface area contributed by atoms with Crippen LogP contribution in [0.4, 0.5) is 4.39 Å². The number of hydrogen-bond donors (Lipinski definition) is 2. The van der Waals surface area contributed by atoms with Gasteiger partial charge in [0.1, 0.15) is 5.82 Å². The Kier molecular flexibility index (Phi) is 11.7. The molecule has 0 unspecified atom stereocenters. The lowest BCUT2D eigenvalue weighted by atomic mass is 10.1. The molecule has 5 nitrogen and oxygen atoms in total. The number of guanidine groups is 1. The van der Waals surface area contributed by atoms with Crippen LogP contribution in [0.15, 0.2) is 34.2 Å². The summed E-state index contributed by atoms with van der Waals surface area (Å²) in [6, 6.07) is 6.54. The summed E-state index contributed by atoms with van der Waals surface area (Å²) >= 11 is 1.70. The van der Waals surface area contributed by atoms with E-state index in [-0.39, 0.29) is 42.2 Å². The van der Waals surface area contributed by atoms with E-state index in [9.17, 15) is 9.18 Å². The first-order valence-corrected chi connectivity index (χ1v) is 9.78. The number of aliphatic imine (C=N–C) groups is 1. The number of amides is 1. The van der Waals surface area contributed by atoms with E-state index in [2.05, 4.69) is 15.6 Å². The molecule has 1 fully saturated rings. The Labute approximate surface area is 176 Å². The van der Waals surface area contributed by atoms with Crippen LogP contribution in [0.25, 0.3) is 0 Å². The van der Waals surface area contributed by atoms with Crippen LogP contribution >= 0.6 is 35.7 Å². The summed E-state index contributed by atoms with van der Waals surface area (Å²) in [5, 5.41) is 6.30. The van der Waals surface area contributed by atoms with Crippen molar-refractivity contribution in [2.24, 2.45) is 4.99 Å². The van der Waals surface area contributed by atoms with Crippen molar-refractivity contribution in [2.45, 2.75) is 30.6 Å². The number of hydrogen-bond acceptors (Lipinski definition) is 3. The topological polar surface area (TPSA) is 56.7 Å². The Morgan fingerprint density at radius 1 is 1.19 bits per heavy atom. The number of benzene rings is 1. The number of carbonyl (C=O) groups excluding carboxylic acids is 1. The zero-order valence-electron chi connectivity index (χ0n) is 15.2. The van der Waals surface area contributed by atoms with E-state index in [0.717, 1.165) is 49.5 Å². The third kappa shape index (κ3) is 8.57. The zero-order valence-corrected chi connectivity index (χ0v) is 18.3. The number of likely N-dealkylation sites (tertiary alicyclic amines) is 1. The Bertz CT molecular complexity index is 565. The third-order valence-electron chi connectivity index (χ3n) is 4.04. The van der Waals surface area contributed by atoms with Crippen molar-refractivity contribution >= 4 is 47.6 Å². The molecule has 1 aliphatic heterocycles. The van der Waals surface area contributed by atoms with Gasteiger partial charge in [0.15, 0.2) is 5.96 Å². The number of nitrogens with zero attached hydrogens (tertiary/aromatic N) is 2. The van der Waals surface area contributed by atoms with Gasteiger partial charge in [-0.3, -0.25) is 9.79 Å². The number of thioether (sulfide) groups is 1. The smallest absolute Gasteiger partial charge is 0.241 e. The van der Waals surface area contributed by atoms with E-state index in [1.54, 1.807) is 30.9 Å². The van der Waals surface area contributed by atoms with Gasteiger partial charge in [-0.1, -0.05) is 0 Å². The van der Waals surface area contributed by atoms with Crippen molar-refractivity contribution in [1.82, 2.24) is 15.5 Å². The lowest BCUT2D eigenvalue weighted by Crippen LogP contribution is -2.46. The third-order valence-corrected chi connectivity index (χ3v) is 5.13. The fourth-order valence-electron chi connectivity index (χ4n) is 2.63. The van der Waals surface area contributed by atoms with Crippen molar-refractivity contribution in [3.05, 3.63) is 30.1 Å². The van der Waals surface area contributed by atoms with Gasteiger partial charge >= 0.3 is 0 Å². The first-order valence-electron chi connectivity index (χ1n) is 8.79. The van der Waals surface area contributed by atoms with Crippen molar-refractivity contribution in [3.8, 4) is 0 Å². The van der Waals surface area contributed by atoms with Crippen LogP contribution in [0.2, 0.25) is 0 Å². The SMILES string of the molecule is CN=C(NCCCSc1ccc(F)cc1)NCC(=O)N1CCCCC1.I. The van der Waals surface area contributed by atoms with Crippen molar-refractivity contribution in [2.75, 3.05) is 39.0 Å². The largest absolute Gasteiger partial charge is 0.356 e. The highest BCUT2D eigenvalue weighted by Gasteiger charge is 2.16. The molecule has 1 heterocycles. The van der Waals surface area contributed by atoms with Gasteiger partial charge in [0.2, 0.25) is 5.91 Å². The van der Waals surface area contributed by atoms with Gasteiger partial charge in [-0.05, 0) is 55.7 Å². The van der Waals surface area contributed by atoms with Crippen molar-refractivity contribution < 1.29 is 9.18 Å². The molecule has 0 aliphatic carbocycles. The molecule has 2 rings (SSSR count). The minimum Gasteiger partial charge on any atom is -0.356 e. The Morgan fingerprint density at radius 2 is 1.88 bits per heavy atom. The van der Waals surface area contributed by atoms with Crippen LogP contribution in [0.3, 0.4) is 0 Å². The molecule has 1 amide bonds. The monoisotopic (exact) mass is 494 g/mol. The van der Waals surface area contributed by atoms with E-state index in [0.29, 0.717) is 5.96 Å². The van der Waals surface area contributed by atoms with Gasteiger partial charge < -0.3 is 15.5 Å². The van der Waals surface area contributed by atoms with Gasteiger partial charge in [0.05, 0.1) is 6.54 Å². The average molecular weight is 494 g/mol. The molecule has 8 heteroatoms. The first kappa shape index (κ1) is 23.0. The van der Waals surface area contributed by atoms with Crippen LogP contribution < -0.4 is 10.6 Å². The summed E-state index contributed by atoms with van der Waals surface area (Å²) in [5.74, 6) is 1.51. The van der Waals surface area contributed by atoms with Gasteiger partial charge in [0.25, 0.3) is 0 Å². The predicted octanol–water partition coefficient (Wildman–Crippen LogP) is 3.10. The summed E-state index contributed by atoms with van der Waals surface area (Å²) in [6.45, 7) is 2.79. The molecule has 1 saturated heterocycles. The second-order valence-electron chi connectivity index (χ2n) is 5.95. The summed E-state index contributed by atoms with van der Waals surface area (Å²) in [4.78, 5) is 19.3. The normalized spacial score (nSPS) is 14.5. The summed E-state index contributed by atoms with van der Waals surface area (Å²) in [5.41, 5.74) is 0. The molecule has 0 spiro atoms. The maximum Gasteiger partial charge on any atom is 0.241 e. The van der Waals surface area contributed by atoms with Crippen LogP contribution in [0, 0.1) is 5.82 Å². The summed E-state index contributed by atoms with van der Waals surface area (Å²) in [6.07, 6.45) is 4.37. The second kappa shape index (κ2) is 13.2. The van der Waals surface area contributed by atoms with Gasteiger partial charge in [-0.15, -0.1) is 35.7 Å². The number of piperidine rings is 1. The number of nitrogens with one attached hydrogen (secondary N) is 2. The highest BCUT2D eigenvalue weighted by atomic mass is 127. The molecule has 146 valence electrons. The van der Waals surface area contributed by atoms with Crippen LogP contribution in [-0.2, 0) is 4.79 Å². The fourth-order valence-corrected chi connectivity index (χ4v) is 3.49. The van der Waals surface area contributed by atoms with E-state index < -0.39 is 0 Å². The Morgan fingerprint density at radius 3 is 2.54 bits per heavy atom. The molecule has 0 saturated carbocycles. The lowest BCUT2D eigenvalue weighted by molar-refractivity contribution is -0.130. The molecule has 26 heavy (non-hydrogen) atoms. The molecule has 2 N–H and O–H groups in total. The highest BCUT2D eigenvalue weighted by Crippen LogP contribution is 2.18. The molecule has 0 radical (unpaired) electrons.